The van der Waals surface area contributed by atoms with Crippen LogP contribution in [0.3, 0.4) is 0 Å². The van der Waals surface area contributed by atoms with Gasteiger partial charge in [0.2, 0.25) is 5.91 Å². The molecule has 35 heavy (non-hydrogen) atoms. The Bertz CT molecular complexity index is 1450. The number of fused-ring (bicyclic) bond motifs is 3. The molecule has 2 atom stereocenters. The van der Waals surface area contributed by atoms with Crippen LogP contribution in [0.25, 0.3) is 21.9 Å². The number of benzene rings is 2. The number of epoxide rings is 1. The zero-order valence-electron chi connectivity index (χ0n) is 19.3. The lowest BCUT2D eigenvalue weighted by Crippen LogP contribution is -2.64. The van der Waals surface area contributed by atoms with Gasteiger partial charge in [-0.3, -0.25) is 19.7 Å². The second-order valence-electron chi connectivity index (χ2n) is 9.43. The van der Waals surface area contributed by atoms with Crippen LogP contribution in [-0.2, 0) is 26.2 Å². The van der Waals surface area contributed by atoms with Crippen LogP contribution in [0, 0.1) is 0 Å². The van der Waals surface area contributed by atoms with E-state index in [-0.39, 0.29) is 18.4 Å². The van der Waals surface area contributed by atoms with E-state index < -0.39 is 5.41 Å². The summed E-state index contributed by atoms with van der Waals surface area (Å²) in [5.41, 5.74) is 4.46. The molecule has 7 rings (SSSR count). The van der Waals surface area contributed by atoms with Crippen molar-refractivity contribution in [3.05, 3.63) is 90.5 Å². The Balaban J connectivity index is 1.28. The number of ether oxygens (including phenoxy) is 2. The fraction of sp³-hybridized carbons (Fsp3) is 0.250. The van der Waals surface area contributed by atoms with Crippen LogP contribution in [0.15, 0.2) is 79.3 Å². The first-order valence-electron chi connectivity index (χ1n) is 11.8. The van der Waals surface area contributed by atoms with Crippen LogP contribution in [0.4, 0.5) is 5.69 Å². The number of hydrogen-bond acceptors (Lipinski definition) is 6. The molecule has 3 aliphatic heterocycles. The van der Waals surface area contributed by atoms with E-state index in [4.69, 9.17) is 14.5 Å². The molecule has 0 radical (unpaired) electrons. The van der Waals surface area contributed by atoms with Crippen LogP contribution < -0.4 is 4.90 Å². The summed E-state index contributed by atoms with van der Waals surface area (Å²) in [4.78, 5) is 27.2. The van der Waals surface area contributed by atoms with E-state index in [0.29, 0.717) is 19.6 Å². The molecule has 3 aliphatic rings. The lowest BCUT2D eigenvalue weighted by molar-refractivity contribution is -0.130. The number of likely N-dealkylation sites (tertiary alicyclic amines) is 1. The molecule has 0 bridgehead atoms. The van der Waals surface area contributed by atoms with E-state index in [1.54, 1.807) is 19.5 Å². The van der Waals surface area contributed by atoms with Crippen LogP contribution in [-0.4, -0.2) is 53.5 Å². The number of amides is 1. The first-order valence-corrected chi connectivity index (χ1v) is 11.8. The highest BCUT2D eigenvalue weighted by atomic mass is 16.8. The van der Waals surface area contributed by atoms with Gasteiger partial charge in [0.25, 0.3) is 0 Å². The second kappa shape index (κ2) is 7.68. The number of anilines is 1. The first-order chi connectivity index (χ1) is 17.2. The van der Waals surface area contributed by atoms with Crippen LogP contribution >= 0.6 is 0 Å². The van der Waals surface area contributed by atoms with Gasteiger partial charge in [-0.1, -0.05) is 42.5 Å². The van der Waals surface area contributed by atoms with Gasteiger partial charge in [-0.2, -0.15) is 0 Å². The smallest absolute Gasteiger partial charge is 0.240 e. The molecular weight excluding hydrogens is 440 g/mol. The summed E-state index contributed by atoms with van der Waals surface area (Å²) in [6.07, 6.45) is 5.24. The van der Waals surface area contributed by atoms with Crippen LogP contribution in [0.1, 0.15) is 11.3 Å². The normalized spacial score (nSPS) is 22.4. The van der Waals surface area contributed by atoms with E-state index in [2.05, 4.69) is 28.1 Å². The highest BCUT2D eigenvalue weighted by Crippen LogP contribution is 2.50. The maximum Gasteiger partial charge on any atom is 0.240 e. The molecule has 0 N–H and O–H groups in total. The number of pyridine rings is 2. The monoisotopic (exact) mass is 464 g/mol. The Morgan fingerprint density at radius 1 is 1.06 bits per heavy atom. The van der Waals surface area contributed by atoms with Crippen molar-refractivity contribution >= 4 is 22.4 Å². The predicted molar refractivity (Wildman–Crippen MR) is 132 cm³/mol. The number of nitrogens with zero attached hydrogens (tertiary/aromatic N) is 4. The number of carbonyl (C=O) groups excluding carboxylic acids is 1. The predicted octanol–water partition coefficient (Wildman–Crippen LogP) is 3.73. The number of hydrogen-bond donors (Lipinski definition) is 0. The van der Waals surface area contributed by atoms with Gasteiger partial charge >= 0.3 is 0 Å². The highest BCUT2D eigenvalue weighted by Gasteiger charge is 2.62. The minimum Gasteiger partial charge on any atom is -0.352 e. The Morgan fingerprint density at radius 3 is 2.63 bits per heavy atom. The largest absolute Gasteiger partial charge is 0.352 e. The summed E-state index contributed by atoms with van der Waals surface area (Å²) >= 11 is 0. The molecule has 2 saturated heterocycles. The summed E-state index contributed by atoms with van der Waals surface area (Å²) in [5, 5.41) is 2.18. The number of aromatic nitrogens is 2. The van der Waals surface area contributed by atoms with Crippen molar-refractivity contribution in [1.82, 2.24) is 14.9 Å². The van der Waals surface area contributed by atoms with Gasteiger partial charge in [-0.25, -0.2) is 0 Å². The van der Waals surface area contributed by atoms with Gasteiger partial charge in [0.1, 0.15) is 5.41 Å². The Labute approximate surface area is 202 Å². The average Bonchev–Trinajstić information content (AvgIpc) is 3.62. The van der Waals surface area contributed by atoms with Crippen molar-refractivity contribution in [3.63, 3.8) is 0 Å². The van der Waals surface area contributed by atoms with Crippen molar-refractivity contribution in [1.29, 1.82) is 0 Å². The molecular formula is C28H24N4O3. The van der Waals surface area contributed by atoms with E-state index in [1.807, 2.05) is 53.6 Å². The molecule has 0 saturated carbocycles. The number of methoxy groups -OCH3 is 1. The Hall–Kier alpha value is -3.65. The molecule has 7 nitrogen and oxygen atoms in total. The van der Waals surface area contributed by atoms with Gasteiger partial charge < -0.3 is 14.4 Å². The molecule has 1 amide bonds. The fourth-order valence-corrected chi connectivity index (χ4v) is 5.72. The van der Waals surface area contributed by atoms with E-state index in [1.165, 1.54) is 0 Å². The van der Waals surface area contributed by atoms with Crippen molar-refractivity contribution < 1.29 is 14.3 Å². The molecule has 2 aromatic carbocycles. The van der Waals surface area contributed by atoms with E-state index in [9.17, 15) is 4.79 Å². The molecule has 1 spiro atoms. The van der Waals surface area contributed by atoms with Gasteiger partial charge in [0.05, 0.1) is 12.2 Å². The minimum absolute atomic E-state index is 0.0555. The van der Waals surface area contributed by atoms with Gasteiger partial charge in [-0.15, -0.1) is 0 Å². The van der Waals surface area contributed by atoms with Crippen molar-refractivity contribution in [2.45, 2.75) is 24.5 Å². The number of carbonyl (C=O) groups is 1. The average molecular weight is 465 g/mol. The molecule has 4 aromatic rings. The summed E-state index contributed by atoms with van der Waals surface area (Å²) in [6, 6.07) is 20.4. The number of para-hydroxylation sites is 1. The lowest BCUT2D eigenvalue weighted by atomic mass is 9.74. The Kier molecular flexibility index (Phi) is 4.54. The molecule has 0 aliphatic carbocycles. The maximum atomic E-state index is 14.0. The lowest BCUT2D eigenvalue weighted by Gasteiger charge is -2.46. The summed E-state index contributed by atoms with van der Waals surface area (Å²) in [5.74, 6) is 0.125. The number of rotatable bonds is 5. The second-order valence-corrected chi connectivity index (χ2v) is 9.43. The topological polar surface area (TPSA) is 71.1 Å². The third kappa shape index (κ3) is 3.06. The van der Waals surface area contributed by atoms with Crippen molar-refractivity contribution in [3.8, 4) is 11.1 Å². The van der Waals surface area contributed by atoms with Crippen molar-refractivity contribution in [2.24, 2.45) is 0 Å². The SMILES string of the molecule is COC1OC1N1CC2(C1)C(=O)N(Cc1ncc3ccccc3c1-c1ccncc1)c1ccccc12. The fourth-order valence-electron chi connectivity index (χ4n) is 5.72. The molecule has 7 heteroatoms. The maximum absolute atomic E-state index is 14.0. The quantitative estimate of drug-likeness (QED) is 0.419. The van der Waals surface area contributed by atoms with Crippen LogP contribution in [0.2, 0.25) is 0 Å². The van der Waals surface area contributed by atoms with Gasteiger partial charge in [-0.05, 0) is 34.7 Å². The van der Waals surface area contributed by atoms with Gasteiger partial charge in [0.15, 0.2) is 12.5 Å². The molecule has 2 aromatic heterocycles. The summed E-state index contributed by atoms with van der Waals surface area (Å²) in [6.45, 7) is 1.67. The van der Waals surface area contributed by atoms with E-state index in [0.717, 1.165) is 38.8 Å². The highest BCUT2D eigenvalue weighted by molar-refractivity contribution is 6.09. The first kappa shape index (κ1) is 20.7. The molecule has 2 fully saturated rings. The summed E-state index contributed by atoms with van der Waals surface area (Å²) in [7, 11) is 1.65. The third-order valence-corrected chi connectivity index (χ3v) is 7.49. The zero-order valence-corrected chi connectivity index (χ0v) is 19.3. The van der Waals surface area contributed by atoms with Gasteiger partial charge in [0, 0.05) is 55.4 Å². The third-order valence-electron chi connectivity index (χ3n) is 7.49. The van der Waals surface area contributed by atoms with E-state index >= 15 is 0 Å². The Morgan fingerprint density at radius 2 is 1.83 bits per heavy atom. The molecule has 2 unspecified atom stereocenters. The van der Waals surface area contributed by atoms with Crippen LogP contribution in [0.5, 0.6) is 0 Å². The summed E-state index contributed by atoms with van der Waals surface area (Å²) < 4.78 is 10.9. The standard InChI is InChI=1S/C28H24N4O3/c1-34-26-25(35-26)31-16-28(17-31)21-8-4-5-9-23(21)32(27(28)33)15-22-24(18-10-12-29-13-11-18)20-7-3-2-6-19(20)14-30-22/h2-14,25-26H,15-17H2,1H3. The van der Waals surface area contributed by atoms with Crippen molar-refractivity contribution in [2.75, 3.05) is 25.1 Å². The molecule has 5 heterocycles. The zero-order chi connectivity index (χ0) is 23.6. The minimum atomic E-state index is -0.547. The molecule has 174 valence electrons.